The third kappa shape index (κ3) is 6.26. The Kier molecular flexibility index (Phi) is 7.85. The summed E-state index contributed by atoms with van der Waals surface area (Å²) in [5.74, 6) is 0.464. The number of thioether (sulfide) groups is 1. The molecule has 0 radical (unpaired) electrons. The van der Waals surface area contributed by atoms with Gasteiger partial charge in [-0.25, -0.2) is 0 Å². The normalized spacial score (nSPS) is 17.1. The summed E-state index contributed by atoms with van der Waals surface area (Å²) in [6.45, 7) is 4.29. The number of amides is 2. The fourth-order valence-corrected chi connectivity index (χ4v) is 2.41. The second kappa shape index (κ2) is 9.17. The zero-order valence-corrected chi connectivity index (χ0v) is 12.1. The molecule has 0 unspecified atom stereocenters. The summed E-state index contributed by atoms with van der Waals surface area (Å²) >= 11 is 1.30. The highest BCUT2D eigenvalue weighted by atomic mass is 32.2. The van der Waals surface area contributed by atoms with Crippen LogP contribution >= 0.6 is 11.8 Å². The molecule has 110 valence electrons. The van der Waals surface area contributed by atoms with Crippen molar-refractivity contribution in [3.8, 4) is 0 Å². The molecule has 0 saturated carbocycles. The van der Waals surface area contributed by atoms with Crippen LogP contribution < -0.4 is 5.32 Å². The third-order valence-corrected chi connectivity index (χ3v) is 3.82. The number of morpholine rings is 1. The second-order valence-electron chi connectivity index (χ2n) is 4.34. The van der Waals surface area contributed by atoms with Crippen LogP contribution in [0, 0.1) is 0 Å². The van der Waals surface area contributed by atoms with Crippen molar-refractivity contribution < 1.29 is 19.4 Å². The molecule has 1 aliphatic heterocycles. The Morgan fingerprint density at radius 2 is 2.05 bits per heavy atom. The summed E-state index contributed by atoms with van der Waals surface area (Å²) < 4.78 is 5.17. The molecule has 6 nitrogen and oxygen atoms in total. The number of nitrogens with one attached hydrogen (secondary N) is 1. The number of ether oxygens (including phenoxy) is 1. The zero-order chi connectivity index (χ0) is 14.1. The molecule has 1 saturated heterocycles. The smallest absolute Gasteiger partial charge is 0.232 e. The van der Waals surface area contributed by atoms with Gasteiger partial charge < -0.3 is 20.1 Å². The minimum Gasteiger partial charge on any atom is -0.394 e. The molecule has 0 aromatic rings. The highest BCUT2D eigenvalue weighted by Gasteiger charge is 2.17. The lowest BCUT2D eigenvalue weighted by Crippen LogP contribution is -2.42. The average Bonchev–Trinajstić information content (AvgIpc) is 2.45. The Balaban J connectivity index is 2.15. The van der Waals surface area contributed by atoms with E-state index >= 15 is 0 Å². The fraction of sp³-hybridized carbons (Fsp3) is 0.833. The Bertz CT molecular complexity index is 291. The van der Waals surface area contributed by atoms with Gasteiger partial charge in [0.1, 0.15) is 0 Å². The van der Waals surface area contributed by atoms with Gasteiger partial charge in [0.2, 0.25) is 11.8 Å². The first kappa shape index (κ1) is 16.3. The van der Waals surface area contributed by atoms with Gasteiger partial charge in [-0.2, -0.15) is 0 Å². The molecule has 7 heteroatoms. The molecule has 1 rings (SSSR count). The zero-order valence-electron chi connectivity index (χ0n) is 11.3. The van der Waals surface area contributed by atoms with Gasteiger partial charge in [-0.3, -0.25) is 9.59 Å². The Morgan fingerprint density at radius 3 is 2.63 bits per heavy atom. The SMILES string of the molecule is CC[C@H](CO)NC(=O)CSCC(=O)N1CCOCC1. The molecule has 0 aromatic heterocycles. The predicted octanol–water partition coefficient (Wildman–Crippen LogP) is -0.534. The summed E-state index contributed by atoms with van der Waals surface area (Å²) in [7, 11) is 0. The van der Waals surface area contributed by atoms with Crippen molar-refractivity contribution in [2.45, 2.75) is 19.4 Å². The van der Waals surface area contributed by atoms with E-state index in [9.17, 15) is 9.59 Å². The number of hydrogen-bond acceptors (Lipinski definition) is 5. The number of carbonyl (C=O) groups is 2. The number of aliphatic hydroxyl groups excluding tert-OH is 1. The van der Waals surface area contributed by atoms with E-state index < -0.39 is 0 Å². The molecule has 19 heavy (non-hydrogen) atoms. The van der Waals surface area contributed by atoms with Gasteiger partial charge in [-0.1, -0.05) is 6.92 Å². The lowest BCUT2D eigenvalue weighted by atomic mass is 10.2. The molecule has 2 amide bonds. The first-order valence-corrected chi connectivity index (χ1v) is 7.66. The van der Waals surface area contributed by atoms with Gasteiger partial charge in [0.15, 0.2) is 0 Å². The molecule has 0 aliphatic carbocycles. The lowest BCUT2D eigenvalue weighted by Gasteiger charge is -2.26. The van der Waals surface area contributed by atoms with Crippen molar-refractivity contribution in [2.75, 3.05) is 44.4 Å². The Morgan fingerprint density at radius 1 is 1.37 bits per heavy atom. The van der Waals surface area contributed by atoms with E-state index in [0.717, 1.165) is 0 Å². The number of nitrogens with zero attached hydrogens (tertiary/aromatic N) is 1. The highest BCUT2D eigenvalue weighted by Crippen LogP contribution is 2.05. The molecule has 1 atom stereocenters. The molecule has 0 aromatic carbocycles. The maximum absolute atomic E-state index is 11.8. The monoisotopic (exact) mass is 290 g/mol. The van der Waals surface area contributed by atoms with Crippen molar-refractivity contribution in [1.82, 2.24) is 10.2 Å². The summed E-state index contributed by atoms with van der Waals surface area (Å²) in [6.07, 6.45) is 0.694. The maximum atomic E-state index is 11.8. The lowest BCUT2D eigenvalue weighted by molar-refractivity contribution is -0.132. The van der Waals surface area contributed by atoms with Crippen molar-refractivity contribution in [3.05, 3.63) is 0 Å². The molecule has 0 bridgehead atoms. The van der Waals surface area contributed by atoms with Crippen LogP contribution in [0.15, 0.2) is 0 Å². The topological polar surface area (TPSA) is 78.9 Å². The van der Waals surface area contributed by atoms with Crippen molar-refractivity contribution in [1.29, 1.82) is 0 Å². The van der Waals surface area contributed by atoms with Gasteiger partial charge >= 0.3 is 0 Å². The van der Waals surface area contributed by atoms with E-state index in [2.05, 4.69) is 5.32 Å². The number of hydrogen-bond donors (Lipinski definition) is 2. The molecule has 1 fully saturated rings. The molecule has 1 heterocycles. The van der Waals surface area contributed by atoms with Crippen LogP contribution in [-0.4, -0.2) is 72.3 Å². The molecular formula is C12H22N2O4S. The fourth-order valence-electron chi connectivity index (χ4n) is 1.68. The van der Waals surface area contributed by atoms with Crippen LogP contribution in [0.5, 0.6) is 0 Å². The summed E-state index contributed by atoms with van der Waals surface area (Å²) in [4.78, 5) is 25.1. The van der Waals surface area contributed by atoms with Gasteiger partial charge in [0, 0.05) is 13.1 Å². The van der Waals surface area contributed by atoms with Crippen LogP contribution in [0.25, 0.3) is 0 Å². The molecule has 0 spiro atoms. The van der Waals surface area contributed by atoms with E-state index in [0.29, 0.717) is 38.5 Å². The van der Waals surface area contributed by atoms with Gasteiger partial charge in [-0.05, 0) is 6.42 Å². The van der Waals surface area contributed by atoms with Crippen molar-refractivity contribution in [3.63, 3.8) is 0 Å². The average molecular weight is 290 g/mol. The standard InChI is InChI=1S/C12H22N2O4S/c1-2-10(7-15)13-11(16)8-19-9-12(17)14-3-5-18-6-4-14/h10,15H,2-9H2,1H3,(H,13,16)/t10-/m1/s1. The minimum absolute atomic E-state index is 0.0512. The van der Waals surface area contributed by atoms with Gasteiger partial charge in [-0.15, -0.1) is 11.8 Å². The first-order valence-electron chi connectivity index (χ1n) is 6.50. The van der Waals surface area contributed by atoms with Crippen LogP contribution in [0.3, 0.4) is 0 Å². The molecular weight excluding hydrogens is 268 g/mol. The van der Waals surface area contributed by atoms with Gasteiger partial charge in [0.05, 0.1) is 37.4 Å². The quantitative estimate of drug-likeness (QED) is 0.659. The van der Waals surface area contributed by atoms with Crippen LogP contribution in [0.4, 0.5) is 0 Å². The van der Waals surface area contributed by atoms with E-state index in [1.54, 1.807) is 4.90 Å². The summed E-state index contributed by atoms with van der Waals surface area (Å²) in [5, 5.41) is 11.7. The third-order valence-electron chi connectivity index (χ3n) is 2.90. The van der Waals surface area contributed by atoms with Crippen molar-refractivity contribution >= 4 is 23.6 Å². The molecule has 2 N–H and O–H groups in total. The van der Waals surface area contributed by atoms with Crippen molar-refractivity contribution in [2.24, 2.45) is 0 Å². The maximum Gasteiger partial charge on any atom is 0.232 e. The predicted molar refractivity (Wildman–Crippen MR) is 74.0 cm³/mol. The number of aliphatic hydroxyl groups is 1. The second-order valence-corrected chi connectivity index (χ2v) is 5.33. The molecule has 1 aliphatic rings. The largest absolute Gasteiger partial charge is 0.394 e. The van der Waals surface area contributed by atoms with Crippen LogP contribution in [0.2, 0.25) is 0 Å². The van der Waals surface area contributed by atoms with Crippen LogP contribution in [0.1, 0.15) is 13.3 Å². The number of carbonyl (C=O) groups excluding carboxylic acids is 2. The van der Waals surface area contributed by atoms with E-state index in [1.165, 1.54) is 11.8 Å². The van der Waals surface area contributed by atoms with E-state index in [4.69, 9.17) is 9.84 Å². The number of rotatable bonds is 7. The van der Waals surface area contributed by atoms with E-state index in [-0.39, 0.29) is 30.2 Å². The van der Waals surface area contributed by atoms with Gasteiger partial charge in [0.25, 0.3) is 0 Å². The first-order chi connectivity index (χ1) is 9.17. The summed E-state index contributed by atoms with van der Waals surface area (Å²) in [5.41, 5.74) is 0. The summed E-state index contributed by atoms with van der Waals surface area (Å²) in [6, 6.07) is -0.192. The highest BCUT2D eigenvalue weighted by molar-refractivity contribution is 8.00. The minimum atomic E-state index is -0.192. The Labute approximate surface area is 117 Å². The van der Waals surface area contributed by atoms with Crippen LogP contribution in [-0.2, 0) is 14.3 Å². The Hall–Kier alpha value is -0.790. The van der Waals surface area contributed by atoms with E-state index in [1.807, 2.05) is 6.92 Å².